The average molecular weight is 271 g/mol. The second-order valence-electron chi connectivity index (χ2n) is 6.44. The van der Waals surface area contributed by atoms with Crippen molar-refractivity contribution in [2.45, 2.75) is 64.1 Å². The number of carbonyl (C=O) groups excluding carboxylic acids is 1. The van der Waals surface area contributed by atoms with Gasteiger partial charge in [0.2, 0.25) is 5.91 Å². The normalized spacial score (nSPS) is 28.5. The Labute approximate surface area is 111 Å². The molecule has 0 spiro atoms. The predicted molar refractivity (Wildman–Crippen MR) is 74.8 cm³/mol. The monoisotopic (exact) mass is 271 g/mol. The van der Waals surface area contributed by atoms with Crippen LogP contribution >= 0.6 is 0 Å². The van der Waals surface area contributed by atoms with Gasteiger partial charge in [-0.05, 0) is 18.1 Å². The summed E-state index contributed by atoms with van der Waals surface area (Å²) in [6.07, 6.45) is 2.65. The summed E-state index contributed by atoms with van der Waals surface area (Å²) < 4.78 is 6.22. The minimum Gasteiger partial charge on any atom is -0.408 e. The third-order valence-electron chi connectivity index (χ3n) is 3.83. The second-order valence-corrected chi connectivity index (χ2v) is 11.2. The van der Waals surface area contributed by atoms with Gasteiger partial charge in [0, 0.05) is 6.92 Å². The molecule has 4 nitrogen and oxygen atoms in total. The van der Waals surface area contributed by atoms with Crippen molar-refractivity contribution in [3.63, 3.8) is 0 Å². The highest BCUT2D eigenvalue weighted by Crippen LogP contribution is 2.38. The van der Waals surface area contributed by atoms with Crippen LogP contribution in [0.5, 0.6) is 0 Å². The van der Waals surface area contributed by atoms with Crippen molar-refractivity contribution in [3.05, 3.63) is 12.2 Å². The molecular weight excluding hydrogens is 246 g/mol. The Morgan fingerprint density at radius 3 is 2.33 bits per heavy atom. The summed E-state index contributed by atoms with van der Waals surface area (Å²) in [5.74, 6) is -0.147. The Morgan fingerprint density at radius 2 is 1.89 bits per heavy atom. The molecule has 2 N–H and O–H groups in total. The molecule has 1 rings (SSSR count). The molecule has 0 saturated heterocycles. The van der Waals surface area contributed by atoms with Gasteiger partial charge in [0.25, 0.3) is 0 Å². The number of nitrogens with one attached hydrogen (secondary N) is 1. The van der Waals surface area contributed by atoms with Gasteiger partial charge in [-0.1, -0.05) is 32.9 Å². The molecule has 0 heterocycles. The van der Waals surface area contributed by atoms with Crippen molar-refractivity contribution >= 4 is 14.2 Å². The van der Waals surface area contributed by atoms with Crippen molar-refractivity contribution in [2.75, 3.05) is 0 Å². The van der Waals surface area contributed by atoms with Gasteiger partial charge < -0.3 is 14.8 Å². The van der Waals surface area contributed by atoms with Gasteiger partial charge in [-0.15, -0.1) is 0 Å². The Morgan fingerprint density at radius 1 is 1.33 bits per heavy atom. The summed E-state index contributed by atoms with van der Waals surface area (Å²) in [4.78, 5) is 11.2. The Hall–Kier alpha value is -0.653. The standard InChI is InChI=1S/C13H25NO3Si/c1-9(15)14-12-10(16)7-8-11(12)17-18(5,6)13(2,3)4/h7-8,10-12,16H,1-6H3,(H,14,15)/t10-,11-,12-/m1/s1. The maximum Gasteiger partial charge on any atom is 0.217 e. The molecule has 1 aliphatic rings. The van der Waals surface area contributed by atoms with Gasteiger partial charge in [0.05, 0.1) is 18.2 Å². The molecule has 1 aliphatic carbocycles. The van der Waals surface area contributed by atoms with Crippen molar-refractivity contribution in [2.24, 2.45) is 0 Å². The third-order valence-corrected chi connectivity index (χ3v) is 8.30. The Balaban J connectivity index is 2.77. The lowest BCUT2D eigenvalue weighted by Crippen LogP contribution is -2.52. The van der Waals surface area contributed by atoms with Gasteiger partial charge in [0.15, 0.2) is 8.32 Å². The van der Waals surface area contributed by atoms with Crippen LogP contribution in [0.2, 0.25) is 18.1 Å². The molecule has 0 bridgehead atoms. The lowest BCUT2D eigenvalue weighted by molar-refractivity contribution is -0.120. The molecular formula is C13H25NO3Si. The van der Waals surface area contributed by atoms with Crippen LogP contribution in [0.1, 0.15) is 27.7 Å². The quantitative estimate of drug-likeness (QED) is 0.608. The molecule has 18 heavy (non-hydrogen) atoms. The maximum absolute atomic E-state index is 11.2. The van der Waals surface area contributed by atoms with E-state index in [1.807, 2.05) is 6.08 Å². The molecule has 0 aromatic rings. The number of carbonyl (C=O) groups is 1. The summed E-state index contributed by atoms with van der Waals surface area (Å²) in [5.41, 5.74) is 0. The van der Waals surface area contributed by atoms with Crippen LogP contribution in [0.15, 0.2) is 12.2 Å². The highest BCUT2D eigenvalue weighted by Gasteiger charge is 2.42. The van der Waals surface area contributed by atoms with E-state index in [4.69, 9.17) is 4.43 Å². The van der Waals surface area contributed by atoms with E-state index in [-0.39, 0.29) is 23.1 Å². The minimum atomic E-state index is -1.91. The van der Waals surface area contributed by atoms with Crippen LogP contribution in [-0.2, 0) is 9.22 Å². The van der Waals surface area contributed by atoms with E-state index in [1.54, 1.807) is 6.08 Å². The average Bonchev–Trinajstić information content (AvgIpc) is 2.46. The highest BCUT2D eigenvalue weighted by atomic mass is 28.4. The first kappa shape index (κ1) is 15.4. The van der Waals surface area contributed by atoms with Gasteiger partial charge in [-0.3, -0.25) is 4.79 Å². The lowest BCUT2D eigenvalue weighted by Gasteiger charge is -2.39. The SMILES string of the molecule is CC(=O)N[C@@H]1[C@H](O)C=C[C@H]1O[Si](C)(C)C(C)(C)C. The van der Waals surface area contributed by atoms with Crippen LogP contribution in [0.3, 0.4) is 0 Å². The number of rotatable bonds is 3. The number of aliphatic hydroxyl groups excluding tert-OH is 1. The van der Waals surface area contributed by atoms with Crippen LogP contribution in [0, 0.1) is 0 Å². The molecule has 5 heteroatoms. The maximum atomic E-state index is 11.2. The molecule has 0 aromatic carbocycles. The molecule has 0 aliphatic heterocycles. The first-order valence-corrected chi connectivity index (χ1v) is 9.27. The van der Waals surface area contributed by atoms with Crippen LogP contribution in [-0.4, -0.2) is 37.6 Å². The lowest BCUT2D eigenvalue weighted by atomic mass is 10.1. The largest absolute Gasteiger partial charge is 0.408 e. The molecule has 0 unspecified atom stereocenters. The van der Waals surface area contributed by atoms with Crippen molar-refractivity contribution in [3.8, 4) is 0 Å². The number of amides is 1. The molecule has 0 radical (unpaired) electrons. The number of aliphatic hydroxyl groups is 1. The van der Waals surface area contributed by atoms with Gasteiger partial charge in [-0.25, -0.2) is 0 Å². The van der Waals surface area contributed by atoms with Gasteiger partial charge >= 0.3 is 0 Å². The predicted octanol–water partition coefficient (Wildman–Crippen LogP) is 1.81. The zero-order valence-corrected chi connectivity index (χ0v) is 13.2. The zero-order chi connectivity index (χ0) is 14.1. The van der Waals surface area contributed by atoms with E-state index >= 15 is 0 Å². The third kappa shape index (κ3) is 3.43. The van der Waals surface area contributed by atoms with Crippen LogP contribution in [0.4, 0.5) is 0 Å². The Bertz CT molecular complexity index is 347. The zero-order valence-electron chi connectivity index (χ0n) is 12.2. The second kappa shape index (κ2) is 5.15. The first-order valence-electron chi connectivity index (χ1n) is 6.36. The first-order chi connectivity index (χ1) is 8.04. The van der Waals surface area contributed by atoms with Crippen molar-refractivity contribution < 1.29 is 14.3 Å². The van der Waals surface area contributed by atoms with E-state index in [0.29, 0.717) is 0 Å². The fourth-order valence-corrected chi connectivity index (χ4v) is 2.95. The van der Waals surface area contributed by atoms with E-state index < -0.39 is 14.4 Å². The summed E-state index contributed by atoms with van der Waals surface area (Å²) in [7, 11) is -1.91. The molecule has 3 atom stereocenters. The van der Waals surface area contributed by atoms with E-state index in [9.17, 15) is 9.90 Å². The number of hydrogen-bond donors (Lipinski definition) is 2. The highest BCUT2D eigenvalue weighted by molar-refractivity contribution is 6.74. The van der Waals surface area contributed by atoms with E-state index in [1.165, 1.54) is 6.92 Å². The molecule has 0 fully saturated rings. The fraction of sp³-hybridized carbons (Fsp3) is 0.769. The summed E-state index contributed by atoms with van der Waals surface area (Å²) in [6, 6.07) is -0.364. The minimum absolute atomic E-state index is 0.106. The topological polar surface area (TPSA) is 58.6 Å². The van der Waals surface area contributed by atoms with Crippen LogP contribution < -0.4 is 5.32 Å². The summed E-state index contributed by atoms with van der Waals surface area (Å²) in [5, 5.41) is 12.7. The summed E-state index contributed by atoms with van der Waals surface area (Å²) >= 11 is 0. The molecule has 104 valence electrons. The van der Waals surface area contributed by atoms with Crippen molar-refractivity contribution in [1.29, 1.82) is 0 Å². The van der Waals surface area contributed by atoms with Gasteiger partial charge in [0.1, 0.15) is 0 Å². The smallest absolute Gasteiger partial charge is 0.217 e. The summed E-state index contributed by atoms with van der Waals surface area (Å²) in [6.45, 7) is 12.3. The molecule has 0 aromatic heterocycles. The van der Waals surface area contributed by atoms with E-state index in [2.05, 4.69) is 39.2 Å². The van der Waals surface area contributed by atoms with Crippen molar-refractivity contribution in [1.82, 2.24) is 5.32 Å². The fourth-order valence-electron chi connectivity index (χ4n) is 1.69. The Kier molecular flexibility index (Phi) is 4.41. The van der Waals surface area contributed by atoms with Crippen LogP contribution in [0.25, 0.3) is 0 Å². The molecule has 1 amide bonds. The molecule has 0 saturated carbocycles. The van der Waals surface area contributed by atoms with Gasteiger partial charge in [-0.2, -0.15) is 0 Å². The van der Waals surface area contributed by atoms with E-state index in [0.717, 1.165) is 0 Å². The number of hydrogen-bond acceptors (Lipinski definition) is 3.